The number of nitriles is 1. The maximum Gasteiger partial charge on any atom is 0.140 e. The minimum Gasteiger partial charge on any atom is -0.311 e. The minimum atomic E-state index is -0.0582. The first kappa shape index (κ1) is 14.3. The van der Waals surface area contributed by atoms with Crippen LogP contribution in [0.5, 0.6) is 0 Å². The molecule has 1 aromatic heterocycles. The van der Waals surface area contributed by atoms with Crippen LogP contribution in [-0.2, 0) is 5.41 Å². The second-order valence-electron chi connectivity index (χ2n) is 7.35. The second-order valence-corrected chi connectivity index (χ2v) is 8.60. The molecule has 22 heavy (non-hydrogen) atoms. The molecule has 0 radical (unpaired) electrons. The van der Waals surface area contributed by atoms with Gasteiger partial charge in [0, 0.05) is 22.6 Å². The summed E-state index contributed by atoms with van der Waals surface area (Å²) >= 11 is 1.71. The summed E-state index contributed by atoms with van der Waals surface area (Å²) < 4.78 is 2.47. The van der Waals surface area contributed by atoms with Crippen molar-refractivity contribution < 1.29 is 0 Å². The van der Waals surface area contributed by atoms with Crippen LogP contribution in [0, 0.1) is 11.3 Å². The fourth-order valence-corrected chi connectivity index (χ4v) is 4.65. The summed E-state index contributed by atoms with van der Waals surface area (Å²) in [7, 11) is 0. The molecule has 1 unspecified atom stereocenters. The van der Waals surface area contributed by atoms with Gasteiger partial charge in [-0.15, -0.1) is 22.0 Å². The van der Waals surface area contributed by atoms with Crippen LogP contribution < -0.4 is 0 Å². The first-order valence-corrected chi connectivity index (χ1v) is 9.21. The Bertz CT molecular complexity index is 659. The third-order valence-electron chi connectivity index (χ3n) is 5.38. The molecule has 2 heterocycles. The Kier molecular flexibility index (Phi) is 3.34. The number of allylic oxidation sites excluding steroid dienone is 2. The van der Waals surface area contributed by atoms with Gasteiger partial charge in [0.25, 0.3) is 0 Å². The Balaban J connectivity index is 1.67. The van der Waals surface area contributed by atoms with Crippen LogP contribution >= 0.6 is 11.8 Å². The van der Waals surface area contributed by atoms with Crippen molar-refractivity contribution >= 4 is 11.8 Å². The second kappa shape index (κ2) is 5.13. The van der Waals surface area contributed by atoms with Crippen molar-refractivity contribution in [2.75, 3.05) is 0 Å². The van der Waals surface area contributed by atoms with Gasteiger partial charge in [0.1, 0.15) is 17.7 Å². The first-order chi connectivity index (χ1) is 10.6. The van der Waals surface area contributed by atoms with Crippen LogP contribution in [0.2, 0.25) is 0 Å². The van der Waals surface area contributed by atoms with Gasteiger partial charge in [0.15, 0.2) is 0 Å². The molecule has 3 aliphatic rings. The Morgan fingerprint density at radius 2 is 2.05 bits per heavy atom. The third-order valence-corrected chi connectivity index (χ3v) is 6.96. The quantitative estimate of drug-likeness (QED) is 0.840. The molecule has 2 fully saturated rings. The van der Waals surface area contributed by atoms with Gasteiger partial charge in [-0.05, 0) is 32.1 Å². The summed E-state index contributed by atoms with van der Waals surface area (Å²) in [6.45, 7) is 4.54. The molecule has 116 valence electrons. The highest BCUT2D eigenvalue weighted by Gasteiger charge is 2.43. The number of hydrogen-bond acceptors (Lipinski definition) is 4. The van der Waals surface area contributed by atoms with E-state index >= 15 is 0 Å². The van der Waals surface area contributed by atoms with E-state index in [9.17, 15) is 0 Å². The summed E-state index contributed by atoms with van der Waals surface area (Å²) in [4.78, 5) is 0.856. The topological polar surface area (TPSA) is 54.5 Å². The number of aromatic nitrogens is 3. The Morgan fingerprint density at radius 1 is 1.27 bits per heavy atom. The zero-order chi connectivity index (χ0) is 15.3. The molecule has 0 amide bonds. The lowest BCUT2D eigenvalue weighted by Crippen LogP contribution is -2.33. The fourth-order valence-electron chi connectivity index (χ4n) is 3.50. The molecule has 0 bridgehead atoms. The minimum absolute atomic E-state index is 0.0582. The molecular formula is C17H22N4S. The number of nitrogens with zero attached hydrogens (tertiary/aromatic N) is 4. The van der Waals surface area contributed by atoms with Crippen LogP contribution in [0.3, 0.4) is 0 Å². The molecule has 0 spiro atoms. The maximum absolute atomic E-state index is 9.12. The molecule has 4 rings (SSSR count). The van der Waals surface area contributed by atoms with Gasteiger partial charge in [0.05, 0.1) is 4.91 Å². The zero-order valence-corrected chi connectivity index (χ0v) is 14.1. The summed E-state index contributed by atoms with van der Waals surface area (Å²) in [6.07, 6.45) is 9.42. The molecule has 2 aliphatic carbocycles. The average molecular weight is 314 g/mol. The van der Waals surface area contributed by atoms with Crippen molar-refractivity contribution in [3.8, 4) is 6.07 Å². The summed E-state index contributed by atoms with van der Waals surface area (Å²) in [5, 5.41) is 18.7. The van der Waals surface area contributed by atoms with Crippen LogP contribution in [0.4, 0.5) is 0 Å². The number of thioether (sulfide) groups is 1. The highest BCUT2D eigenvalue weighted by atomic mass is 32.2. The van der Waals surface area contributed by atoms with E-state index in [0.29, 0.717) is 17.2 Å². The summed E-state index contributed by atoms with van der Waals surface area (Å²) in [6, 6.07) is 2.91. The molecular weight excluding hydrogens is 292 g/mol. The lowest BCUT2D eigenvalue weighted by molar-refractivity contribution is 0.376. The zero-order valence-electron chi connectivity index (χ0n) is 13.2. The molecule has 2 saturated carbocycles. The van der Waals surface area contributed by atoms with E-state index in [1.807, 2.05) is 0 Å². The molecule has 5 heteroatoms. The average Bonchev–Trinajstić information content (AvgIpc) is 3.00. The standard InChI is InChI=1S/C17H22N4S/c1-17(2,14-9-8-13(10-18)22-14)16-20-19-15(11-4-3-5-11)21(16)12-6-7-12/h8,11-12,14H,3-7,9H2,1-2H3. The van der Waals surface area contributed by atoms with Gasteiger partial charge in [-0.1, -0.05) is 26.3 Å². The van der Waals surface area contributed by atoms with E-state index in [1.54, 1.807) is 11.8 Å². The van der Waals surface area contributed by atoms with Crippen molar-refractivity contribution in [1.29, 1.82) is 5.26 Å². The van der Waals surface area contributed by atoms with E-state index in [-0.39, 0.29) is 5.41 Å². The fraction of sp³-hybridized carbons (Fsp3) is 0.706. The smallest absolute Gasteiger partial charge is 0.140 e. The molecule has 4 nitrogen and oxygen atoms in total. The summed E-state index contributed by atoms with van der Waals surface area (Å²) in [5.41, 5.74) is -0.0582. The molecule has 0 N–H and O–H groups in total. The highest BCUT2D eigenvalue weighted by molar-refractivity contribution is 8.04. The van der Waals surface area contributed by atoms with Crippen molar-refractivity contribution in [1.82, 2.24) is 14.8 Å². The third kappa shape index (κ3) is 2.20. The molecule has 1 aliphatic heterocycles. The first-order valence-electron chi connectivity index (χ1n) is 8.33. The van der Waals surface area contributed by atoms with Gasteiger partial charge >= 0.3 is 0 Å². The van der Waals surface area contributed by atoms with Gasteiger partial charge < -0.3 is 4.57 Å². The highest BCUT2D eigenvalue weighted by Crippen LogP contribution is 2.48. The monoisotopic (exact) mass is 314 g/mol. The van der Waals surface area contributed by atoms with E-state index in [4.69, 9.17) is 5.26 Å². The normalized spacial score (nSPS) is 25.7. The van der Waals surface area contributed by atoms with Crippen LogP contribution in [0.1, 0.15) is 76.0 Å². The van der Waals surface area contributed by atoms with E-state index in [1.165, 1.54) is 37.9 Å². The van der Waals surface area contributed by atoms with Crippen LogP contribution in [0.25, 0.3) is 0 Å². The van der Waals surface area contributed by atoms with Crippen molar-refractivity contribution in [3.05, 3.63) is 22.6 Å². The molecule has 0 aromatic carbocycles. The van der Waals surface area contributed by atoms with Crippen molar-refractivity contribution in [2.45, 2.75) is 75.0 Å². The molecule has 1 aromatic rings. The van der Waals surface area contributed by atoms with E-state index in [2.05, 4.69) is 40.8 Å². The van der Waals surface area contributed by atoms with Crippen LogP contribution in [0.15, 0.2) is 11.0 Å². The predicted octanol–water partition coefficient (Wildman–Crippen LogP) is 4.07. The summed E-state index contributed by atoms with van der Waals surface area (Å²) in [5.74, 6) is 3.00. The Labute approximate surface area is 136 Å². The van der Waals surface area contributed by atoms with Gasteiger partial charge in [0.2, 0.25) is 0 Å². The van der Waals surface area contributed by atoms with E-state index < -0.39 is 0 Å². The largest absolute Gasteiger partial charge is 0.311 e. The SMILES string of the molecule is CC(C)(c1nnc(C2CCC2)n1C1CC1)C1CC=C(C#N)S1. The Morgan fingerprint density at radius 3 is 2.59 bits per heavy atom. The number of hydrogen-bond donors (Lipinski definition) is 0. The predicted molar refractivity (Wildman–Crippen MR) is 87.6 cm³/mol. The lowest BCUT2D eigenvalue weighted by atomic mass is 9.83. The Hall–Kier alpha value is -1.28. The van der Waals surface area contributed by atoms with Crippen molar-refractivity contribution in [3.63, 3.8) is 0 Å². The van der Waals surface area contributed by atoms with E-state index in [0.717, 1.165) is 17.2 Å². The number of rotatable bonds is 4. The maximum atomic E-state index is 9.12. The lowest BCUT2D eigenvalue weighted by Gasteiger charge is -2.32. The van der Waals surface area contributed by atoms with Crippen LogP contribution in [-0.4, -0.2) is 20.0 Å². The van der Waals surface area contributed by atoms with Gasteiger partial charge in [-0.2, -0.15) is 5.26 Å². The van der Waals surface area contributed by atoms with Gasteiger partial charge in [-0.3, -0.25) is 0 Å². The van der Waals surface area contributed by atoms with Crippen molar-refractivity contribution in [2.24, 2.45) is 0 Å². The molecule has 0 saturated heterocycles. The van der Waals surface area contributed by atoms with Gasteiger partial charge in [-0.25, -0.2) is 0 Å². The molecule has 1 atom stereocenters.